The van der Waals surface area contributed by atoms with Gasteiger partial charge in [-0.2, -0.15) is 13.2 Å². The molecule has 0 saturated carbocycles. The summed E-state index contributed by atoms with van der Waals surface area (Å²) in [4.78, 5) is 10.2. The van der Waals surface area contributed by atoms with E-state index in [9.17, 15) is 18.0 Å². The lowest BCUT2D eigenvalue weighted by Gasteiger charge is -2.22. The highest BCUT2D eigenvalue weighted by atomic mass is 19.4. The molecular formula is C6H9F3O3. The molecule has 0 aromatic heterocycles. The fraction of sp³-hybridized carbons (Fsp3) is 0.833. The first-order valence-corrected chi connectivity index (χ1v) is 3.24. The topological polar surface area (TPSA) is 57.5 Å². The van der Waals surface area contributed by atoms with Crippen molar-refractivity contribution in [3.05, 3.63) is 0 Å². The van der Waals surface area contributed by atoms with Crippen molar-refractivity contribution in [3.63, 3.8) is 0 Å². The van der Waals surface area contributed by atoms with Gasteiger partial charge < -0.3 is 10.2 Å². The van der Waals surface area contributed by atoms with Crippen LogP contribution in [-0.4, -0.2) is 28.0 Å². The van der Waals surface area contributed by atoms with Gasteiger partial charge in [-0.3, -0.25) is 0 Å². The van der Waals surface area contributed by atoms with Crippen molar-refractivity contribution in [1.29, 1.82) is 0 Å². The summed E-state index contributed by atoms with van der Waals surface area (Å²) in [6.45, 7) is 1.18. The number of aliphatic hydroxyl groups is 1. The first kappa shape index (κ1) is 11.2. The van der Waals surface area contributed by atoms with Crippen molar-refractivity contribution in [1.82, 2.24) is 0 Å². The molecule has 0 radical (unpaired) electrons. The lowest BCUT2D eigenvalue weighted by atomic mass is 9.97. The molecule has 0 spiro atoms. The predicted molar refractivity (Wildman–Crippen MR) is 33.5 cm³/mol. The maximum absolute atomic E-state index is 11.7. The molecule has 0 aromatic rings. The molecule has 0 aliphatic rings. The van der Waals surface area contributed by atoms with Gasteiger partial charge >= 0.3 is 12.1 Å². The molecule has 3 nitrogen and oxygen atoms in total. The molecule has 72 valence electrons. The number of rotatable bonds is 3. The van der Waals surface area contributed by atoms with Crippen LogP contribution >= 0.6 is 0 Å². The third-order valence-corrected chi connectivity index (χ3v) is 1.48. The van der Waals surface area contributed by atoms with Crippen molar-refractivity contribution in [2.24, 2.45) is 0 Å². The summed E-state index contributed by atoms with van der Waals surface area (Å²) in [5, 5.41) is 17.2. The van der Waals surface area contributed by atoms with Crippen molar-refractivity contribution in [2.45, 2.75) is 31.5 Å². The van der Waals surface area contributed by atoms with E-state index in [2.05, 4.69) is 0 Å². The number of hydrogen-bond acceptors (Lipinski definition) is 2. The zero-order valence-corrected chi connectivity index (χ0v) is 6.35. The van der Waals surface area contributed by atoms with Crippen LogP contribution in [0, 0.1) is 0 Å². The van der Waals surface area contributed by atoms with Crippen molar-refractivity contribution in [2.75, 3.05) is 0 Å². The Labute approximate surface area is 66.8 Å². The minimum absolute atomic E-state index is 0.470. The summed E-state index contributed by atoms with van der Waals surface area (Å²) in [7, 11) is 0. The Morgan fingerprint density at radius 1 is 1.42 bits per heavy atom. The lowest BCUT2D eigenvalue weighted by Crippen LogP contribution is -2.42. The molecule has 0 amide bonds. The summed E-state index contributed by atoms with van der Waals surface area (Å²) in [5.41, 5.74) is -2.68. The van der Waals surface area contributed by atoms with Crippen LogP contribution in [0.1, 0.15) is 19.8 Å². The molecule has 0 bridgehead atoms. The normalized spacial score (nSPS) is 17.1. The molecule has 6 heteroatoms. The summed E-state index contributed by atoms with van der Waals surface area (Å²) in [6.07, 6.45) is -6.85. The summed E-state index contributed by atoms with van der Waals surface area (Å²) in [5.74, 6) is -1.85. The average Bonchev–Trinajstić information content (AvgIpc) is 1.83. The highest BCUT2D eigenvalue weighted by molar-refractivity contribution is 5.77. The predicted octanol–water partition coefficient (Wildman–Crippen LogP) is 1.16. The molecule has 0 heterocycles. The quantitative estimate of drug-likeness (QED) is 0.695. The molecule has 1 unspecified atom stereocenters. The van der Waals surface area contributed by atoms with Gasteiger partial charge in [-0.05, 0) is 6.42 Å². The second-order valence-electron chi connectivity index (χ2n) is 2.48. The van der Waals surface area contributed by atoms with E-state index in [1.165, 1.54) is 6.92 Å². The molecule has 2 N–H and O–H groups in total. The molecule has 1 atom stereocenters. The van der Waals surface area contributed by atoms with Gasteiger partial charge in [0.05, 0.1) is 6.42 Å². The zero-order chi connectivity index (χ0) is 9.99. The monoisotopic (exact) mass is 186 g/mol. The minimum Gasteiger partial charge on any atom is -0.479 e. The highest BCUT2D eigenvalue weighted by Crippen LogP contribution is 2.29. The molecule has 0 aliphatic heterocycles. The van der Waals surface area contributed by atoms with Gasteiger partial charge in [-0.25, -0.2) is 4.79 Å². The molecule has 0 aromatic carbocycles. The lowest BCUT2D eigenvalue weighted by molar-refractivity contribution is -0.195. The largest absolute Gasteiger partial charge is 0.479 e. The number of alkyl halides is 3. The number of carboxylic acid groups (broad SMARTS) is 1. The minimum atomic E-state index is -4.66. The van der Waals surface area contributed by atoms with E-state index >= 15 is 0 Å². The van der Waals surface area contributed by atoms with E-state index < -0.39 is 30.6 Å². The van der Waals surface area contributed by atoms with E-state index in [-0.39, 0.29) is 0 Å². The molecule has 0 rings (SSSR count). The molecule has 12 heavy (non-hydrogen) atoms. The van der Waals surface area contributed by atoms with Crippen LogP contribution in [0.4, 0.5) is 13.2 Å². The molecular weight excluding hydrogens is 177 g/mol. The molecule has 0 aliphatic carbocycles. The zero-order valence-electron chi connectivity index (χ0n) is 6.35. The second kappa shape index (κ2) is 3.30. The molecule has 0 saturated heterocycles. The van der Waals surface area contributed by atoms with E-state index in [0.717, 1.165) is 0 Å². The van der Waals surface area contributed by atoms with Crippen LogP contribution in [-0.2, 0) is 4.79 Å². The Balaban J connectivity index is 4.46. The Bertz CT molecular complexity index is 177. The summed E-state index contributed by atoms with van der Waals surface area (Å²) >= 11 is 0. The third kappa shape index (κ3) is 3.08. The SMILES string of the molecule is CCC(O)(CC(F)(F)F)C(=O)O. The maximum Gasteiger partial charge on any atom is 0.392 e. The molecule has 0 fully saturated rings. The second-order valence-corrected chi connectivity index (χ2v) is 2.48. The first-order chi connectivity index (χ1) is 5.21. The van der Waals surface area contributed by atoms with Crippen LogP contribution in [0.15, 0.2) is 0 Å². The van der Waals surface area contributed by atoms with Crippen LogP contribution in [0.25, 0.3) is 0 Å². The van der Waals surface area contributed by atoms with E-state index in [4.69, 9.17) is 10.2 Å². The average molecular weight is 186 g/mol. The van der Waals surface area contributed by atoms with Crippen LogP contribution in [0.2, 0.25) is 0 Å². The van der Waals surface area contributed by atoms with Gasteiger partial charge in [0.2, 0.25) is 0 Å². The van der Waals surface area contributed by atoms with Crippen LogP contribution < -0.4 is 0 Å². The van der Waals surface area contributed by atoms with Crippen molar-refractivity contribution >= 4 is 5.97 Å². The Morgan fingerprint density at radius 2 is 1.83 bits per heavy atom. The number of carbonyl (C=O) groups is 1. The van der Waals surface area contributed by atoms with E-state index in [1.54, 1.807) is 0 Å². The number of aliphatic carboxylic acids is 1. The van der Waals surface area contributed by atoms with Gasteiger partial charge in [0.1, 0.15) is 0 Å². The van der Waals surface area contributed by atoms with Gasteiger partial charge in [0, 0.05) is 0 Å². The number of carboxylic acids is 1. The Morgan fingerprint density at radius 3 is 1.92 bits per heavy atom. The maximum atomic E-state index is 11.7. The standard InChI is InChI=1S/C6H9F3O3/c1-2-5(12,4(10)11)3-6(7,8)9/h12H,2-3H2,1H3,(H,10,11). The van der Waals surface area contributed by atoms with Crippen molar-refractivity contribution < 1.29 is 28.2 Å². The van der Waals surface area contributed by atoms with Crippen LogP contribution in [0.5, 0.6) is 0 Å². The number of halogens is 3. The van der Waals surface area contributed by atoms with Crippen LogP contribution in [0.3, 0.4) is 0 Å². The Hall–Kier alpha value is -0.780. The van der Waals surface area contributed by atoms with Gasteiger partial charge in [0.15, 0.2) is 5.60 Å². The fourth-order valence-electron chi connectivity index (χ4n) is 0.683. The van der Waals surface area contributed by atoms with Gasteiger partial charge in [0.25, 0.3) is 0 Å². The van der Waals surface area contributed by atoms with Crippen molar-refractivity contribution in [3.8, 4) is 0 Å². The fourth-order valence-corrected chi connectivity index (χ4v) is 0.683. The Kier molecular flexibility index (Phi) is 3.09. The first-order valence-electron chi connectivity index (χ1n) is 3.24. The smallest absolute Gasteiger partial charge is 0.392 e. The van der Waals surface area contributed by atoms with E-state index in [0.29, 0.717) is 0 Å². The highest BCUT2D eigenvalue weighted by Gasteiger charge is 2.45. The third-order valence-electron chi connectivity index (χ3n) is 1.48. The summed E-state index contributed by atoms with van der Waals surface area (Å²) in [6, 6.07) is 0. The van der Waals surface area contributed by atoms with Gasteiger partial charge in [-0.1, -0.05) is 6.92 Å². The summed E-state index contributed by atoms with van der Waals surface area (Å²) < 4.78 is 35.0. The van der Waals surface area contributed by atoms with E-state index in [1.807, 2.05) is 0 Å². The number of hydrogen-bond donors (Lipinski definition) is 2. The van der Waals surface area contributed by atoms with Gasteiger partial charge in [-0.15, -0.1) is 0 Å².